The van der Waals surface area contributed by atoms with E-state index < -0.39 is 36.2 Å². The Balaban J connectivity index is 2.20. The molecular weight excluding hydrogens is 499 g/mol. The predicted octanol–water partition coefficient (Wildman–Crippen LogP) is 6.23. The standard InChI is InChI=1S/C26H32ClFN4O3Si/c1-15(2)20-21(16(10-11-30-20)9-8-12-35-36(6,7)26(3,4)5)32-24-17(13-19(28)23(27)31-24)22(33)18(14-29)25(32)34/h10-11,13,15,33H,8-9,12H2,1-7H3. The Morgan fingerprint density at radius 3 is 2.58 bits per heavy atom. The number of hydrogen-bond acceptors (Lipinski definition) is 6. The van der Waals surface area contributed by atoms with Crippen molar-refractivity contribution in [1.82, 2.24) is 14.5 Å². The molecule has 0 bridgehead atoms. The largest absolute Gasteiger partial charge is 0.506 e. The zero-order valence-corrected chi connectivity index (χ0v) is 23.5. The van der Waals surface area contributed by atoms with Gasteiger partial charge in [-0.2, -0.15) is 5.26 Å². The van der Waals surface area contributed by atoms with E-state index in [1.165, 1.54) is 4.57 Å². The lowest BCUT2D eigenvalue weighted by Crippen LogP contribution is -2.41. The quantitative estimate of drug-likeness (QED) is 0.221. The molecule has 0 atom stereocenters. The van der Waals surface area contributed by atoms with Crippen LogP contribution >= 0.6 is 11.6 Å². The van der Waals surface area contributed by atoms with Crippen LogP contribution in [0.5, 0.6) is 5.75 Å². The number of aryl methyl sites for hydroxylation is 1. The number of fused-ring (bicyclic) bond motifs is 1. The van der Waals surface area contributed by atoms with E-state index in [-0.39, 0.29) is 22.0 Å². The SMILES string of the molecule is CC(C)c1nccc(CCCO[Si](C)(C)C(C)(C)C)c1-n1c(=O)c(C#N)c(O)c2cc(F)c(Cl)nc21. The number of aromatic nitrogens is 3. The third-order valence-corrected chi connectivity index (χ3v) is 11.6. The van der Waals surface area contributed by atoms with Crippen molar-refractivity contribution in [2.75, 3.05) is 6.61 Å². The number of halogens is 2. The van der Waals surface area contributed by atoms with Gasteiger partial charge in [-0.05, 0) is 54.6 Å². The monoisotopic (exact) mass is 530 g/mol. The summed E-state index contributed by atoms with van der Waals surface area (Å²) in [4.78, 5) is 22.1. The van der Waals surface area contributed by atoms with Crippen LogP contribution in [0.1, 0.15) is 63.8 Å². The van der Waals surface area contributed by atoms with Gasteiger partial charge in [-0.1, -0.05) is 46.2 Å². The van der Waals surface area contributed by atoms with Crippen LogP contribution in [-0.2, 0) is 10.8 Å². The van der Waals surface area contributed by atoms with Gasteiger partial charge >= 0.3 is 0 Å². The summed E-state index contributed by atoms with van der Waals surface area (Å²) in [6.45, 7) is 15.4. The minimum absolute atomic E-state index is 0.0448. The number of hydrogen-bond donors (Lipinski definition) is 1. The third-order valence-electron chi connectivity index (χ3n) is 6.81. The molecule has 0 unspecified atom stereocenters. The van der Waals surface area contributed by atoms with E-state index in [2.05, 4.69) is 43.8 Å². The first kappa shape index (κ1) is 27.8. The van der Waals surface area contributed by atoms with Gasteiger partial charge in [-0.15, -0.1) is 0 Å². The van der Waals surface area contributed by atoms with Crippen molar-refractivity contribution in [3.8, 4) is 17.5 Å². The number of rotatable bonds is 7. The van der Waals surface area contributed by atoms with Gasteiger partial charge in [-0.25, -0.2) is 9.37 Å². The minimum Gasteiger partial charge on any atom is -0.506 e. The Morgan fingerprint density at radius 2 is 2.00 bits per heavy atom. The summed E-state index contributed by atoms with van der Waals surface area (Å²) in [6.07, 6.45) is 2.94. The average molecular weight is 531 g/mol. The van der Waals surface area contributed by atoms with Crippen LogP contribution in [0.4, 0.5) is 4.39 Å². The van der Waals surface area contributed by atoms with E-state index in [1.54, 1.807) is 12.3 Å². The van der Waals surface area contributed by atoms with Gasteiger partial charge in [0.1, 0.15) is 11.8 Å². The van der Waals surface area contributed by atoms with E-state index >= 15 is 0 Å². The van der Waals surface area contributed by atoms with Crippen molar-refractivity contribution in [3.05, 3.63) is 56.5 Å². The molecule has 0 spiro atoms. The topological polar surface area (TPSA) is 101 Å². The van der Waals surface area contributed by atoms with Crippen LogP contribution in [0.15, 0.2) is 23.1 Å². The second-order valence-electron chi connectivity index (χ2n) is 10.7. The van der Waals surface area contributed by atoms with E-state index in [1.807, 2.05) is 19.9 Å². The Labute approximate surface area is 216 Å². The maximum atomic E-state index is 14.3. The molecule has 36 heavy (non-hydrogen) atoms. The molecule has 3 heterocycles. The van der Waals surface area contributed by atoms with Crippen LogP contribution in [0.2, 0.25) is 23.3 Å². The molecule has 3 rings (SSSR count). The lowest BCUT2D eigenvalue weighted by atomic mass is 10.0. The molecule has 0 radical (unpaired) electrons. The summed E-state index contributed by atoms with van der Waals surface area (Å²) >= 11 is 5.97. The Bertz CT molecular complexity index is 1410. The molecule has 1 N–H and O–H groups in total. The molecule has 0 amide bonds. The number of aromatic hydroxyl groups is 1. The van der Waals surface area contributed by atoms with Crippen molar-refractivity contribution >= 4 is 31.0 Å². The van der Waals surface area contributed by atoms with E-state index in [9.17, 15) is 19.6 Å². The van der Waals surface area contributed by atoms with Gasteiger partial charge in [0.2, 0.25) is 0 Å². The highest BCUT2D eigenvalue weighted by atomic mass is 35.5. The van der Waals surface area contributed by atoms with Gasteiger partial charge in [0.15, 0.2) is 30.5 Å². The summed E-state index contributed by atoms with van der Waals surface area (Å²) in [5.41, 5.74) is 0.548. The Morgan fingerprint density at radius 1 is 1.33 bits per heavy atom. The van der Waals surface area contributed by atoms with Crippen LogP contribution in [0, 0.1) is 17.1 Å². The molecule has 7 nitrogen and oxygen atoms in total. The smallest absolute Gasteiger partial charge is 0.278 e. The molecule has 0 aliphatic rings. The first-order valence-corrected chi connectivity index (χ1v) is 15.2. The molecule has 0 aliphatic heterocycles. The molecule has 0 aliphatic carbocycles. The van der Waals surface area contributed by atoms with Crippen molar-refractivity contribution in [2.45, 2.75) is 71.5 Å². The van der Waals surface area contributed by atoms with Gasteiger partial charge in [0.05, 0.1) is 16.8 Å². The van der Waals surface area contributed by atoms with Crippen LogP contribution < -0.4 is 5.56 Å². The highest BCUT2D eigenvalue weighted by Gasteiger charge is 2.36. The maximum absolute atomic E-state index is 14.3. The second kappa shape index (κ2) is 10.3. The van der Waals surface area contributed by atoms with Crippen LogP contribution in [0.25, 0.3) is 16.7 Å². The molecule has 0 fully saturated rings. The summed E-state index contributed by atoms with van der Waals surface area (Å²) in [5.74, 6) is -1.58. The van der Waals surface area contributed by atoms with E-state index in [0.29, 0.717) is 30.8 Å². The van der Waals surface area contributed by atoms with Gasteiger partial charge in [0.25, 0.3) is 5.56 Å². The molecule has 0 saturated heterocycles. The molecule has 3 aromatic heterocycles. The van der Waals surface area contributed by atoms with Gasteiger partial charge in [-0.3, -0.25) is 14.3 Å². The normalized spacial score (nSPS) is 12.4. The van der Waals surface area contributed by atoms with Crippen LogP contribution in [-0.4, -0.2) is 34.6 Å². The summed E-state index contributed by atoms with van der Waals surface area (Å²) < 4.78 is 21.8. The highest BCUT2D eigenvalue weighted by molar-refractivity contribution is 6.74. The summed E-state index contributed by atoms with van der Waals surface area (Å²) in [7, 11) is -1.92. The Kier molecular flexibility index (Phi) is 7.94. The average Bonchev–Trinajstić information content (AvgIpc) is 2.78. The van der Waals surface area contributed by atoms with Crippen molar-refractivity contribution in [1.29, 1.82) is 5.26 Å². The number of nitrogens with zero attached hydrogens (tertiary/aromatic N) is 4. The number of nitriles is 1. The van der Waals surface area contributed by atoms with Gasteiger partial charge < -0.3 is 9.53 Å². The van der Waals surface area contributed by atoms with Crippen LogP contribution in [0.3, 0.4) is 0 Å². The maximum Gasteiger partial charge on any atom is 0.278 e. The fourth-order valence-corrected chi connectivity index (χ4v) is 4.98. The molecule has 3 aromatic rings. The zero-order chi connectivity index (χ0) is 27.0. The zero-order valence-electron chi connectivity index (χ0n) is 21.7. The van der Waals surface area contributed by atoms with Gasteiger partial charge in [0, 0.05) is 12.8 Å². The summed E-state index contributed by atoms with van der Waals surface area (Å²) in [6, 6.07) is 4.55. The molecule has 0 aromatic carbocycles. The fraction of sp³-hybridized carbons (Fsp3) is 0.462. The first-order valence-electron chi connectivity index (χ1n) is 11.9. The molecular formula is C26H32ClFN4O3Si. The van der Waals surface area contributed by atoms with Crippen molar-refractivity contribution in [2.24, 2.45) is 0 Å². The van der Waals surface area contributed by atoms with E-state index in [0.717, 1.165) is 11.6 Å². The lowest BCUT2D eigenvalue weighted by molar-refractivity contribution is 0.282. The minimum atomic E-state index is -1.92. The molecule has 10 heteroatoms. The summed E-state index contributed by atoms with van der Waals surface area (Å²) in [5, 5.41) is 19.8. The highest BCUT2D eigenvalue weighted by Crippen LogP contribution is 2.37. The third kappa shape index (κ3) is 5.17. The second-order valence-corrected chi connectivity index (χ2v) is 15.8. The Hall–Kier alpha value is -2.80. The predicted molar refractivity (Wildman–Crippen MR) is 142 cm³/mol. The number of pyridine rings is 3. The van der Waals surface area contributed by atoms with Crippen molar-refractivity contribution in [3.63, 3.8) is 0 Å². The van der Waals surface area contributed by atoms with Crippen molar-refractivity contribution < 1.29 is 13.9 Å². The molecule has 192 valence electrons. The van der Waals surface area contributed by atoms with E-state index in [4.69, 9.17) is 16.0 Å². The lowest BCUT2D eigenvalue weighted by Gasteiger charge is -2.36. The fourth-order valence-electron chi connectivity index (χ4n) is 3.76. The molecule has 0 saturated carbocycles. The first-order chi connectivity index (χ1) is 16.7.